The number of nitrogens with one attached hydrogen (secondary N) is 2. The van der Waals surface area contributed by atoms with E-state index in [9.17, 15) is 14.7 Å². The van der Waals surface area contributed by atoms with Crippen LogP contribution in [0.1, 0.15) is 53.5 Å². The van der Waals surface area contributed by atoms with Crippen LogP contribution in [-0.4, -0.2) is 39.8 Å². The topological polar surface area (TPSA) is 101 Å². The fourth-order valence-electron chi connectivity index (χ4n) is 2.56. The van der Waals surface area contributed by atoms with Crippen molar-refractivity contribution in [1.29, 1.82) is 0 Å². The highest BCUT2D eigenvalue weighted by molar-refractivity contribution is 5.79. The molecule has 0 saturated carbocycles. The lowest BCUT2D eigenvalue weighted by atomic mass is 9.87. The molecule has 0 spiro atoms. The molecule has 27 heavy (non-hydrogen) atoms. The summed E-state index contributed by atoms with van der Waals surface area (Å²) in [6.07, 6.45) is 2.17. The highest BCUT2D eigenvalue weighted by atomic mass is 16.6. The van der Waals surface area contributed by atoms with Gasteiger partial charge in [0.2, 0.25) is 5.91 Å². The van der Waals surface area contributed by atoms with E-state index < -0.39 is 23.8 Å². The molecule has 0 aliphatic rings. The van der Waals surface area contributed by atoms with Crippen molar-refractivity contribution in [2.45, 2.75) is 72.3 Å². The first-order chi connectivity index (χ1) is 12.5. The van der Waals surface area contributed by atoms with Gasteiger partial charge in [-0.2, -0.15) is 0 Å². The van der Waals surface area contributed by atoms with E-state index in [0.29, 0.717) is 6.54 Å². The minimum atomic E-state index is -0.867. The Bertz CT molecular complexity index is 599. The molecule has 0 radical (unpaired) electrons. The summed E-state index contributed by atoms with van der Waals surface area (Å²) in [4.78, 5) is 28.5. The second-order valence-corrected chi connectivity index (χ2v) is 8.17. The number of aliphatic hydroxyl groups excluding tert-OH is 1. The van der Waals surface area contributed by atoms with E-state index in [2.05, 4.69) is 15.6 Å². The number of hydrogen-bond acceptors (Lipinski definition) is 5. The number of carbonyl (C=O) groups is 2. The van der Waals surface area contributed by atoms with Crippen LogP contribution in [0.15, 0.2) is 24.5 Å². The summed E-state index contributed by atoms with van der Waals surface area (Å²) in [5.41, 5.74) is 0.301. The number of hydrogen-bond donors (Lipinski definition) is 3. The van der Waals surface area contributed by atoms with Crippen molar-refractivity contribution in [3.8, 4) is 0 Å². The van der Waals surface area contributed by atoms with Gasteiger partial charge in [0.15, 0.2) is 0 Å². The molecule has 0 aliphatic heterocycles. The Hall–Kier alpha value is -2.15. The van der Waals surface area contributed by atoms with E-state index in [4.69, 9.17) is 4.74 Å². The first kappa shape index (κ1) is 22.9. The van der Waals surface area contributed by atoms with Crippen LogP contribution in [0.25, 0.3) is 0 Å². The number of rotatable bonds is 8. The monoisotopic (exact) mass is 379 g/mol. The van der Waals surface area contributed by atoms with Gasteiger partial charge in [0.1, 0.15) is 5.60 Å². The molecular formula is C20H33N3O4. The van der Waals surface area contributed by atoms with Gasteiger partial charge < -0.3 is 20.5 Å². The van der Waals surface area contributed by atoms with Gasteiger partial charge in [-0.25, -0.2) is 4.79 Å². The molecule has 2 amide bonds. The number of pyridine rings is 1. The molecule has 1 rings (SSSR count). The molecule has 7 nitrogen and oxygen atoms in total. The minimum Gasteiger partial charge on any atom is -0.444 e. The highest BCUT2D eigenvalue weighted by Crippen LogP contribution is 2.19. The fraction of sp³-hybridized carbons (Fsp3) is 0.650. The predicted molar refractivity (Wildman–Crippen MR) is 104 cm³/mol. The lowest BCUT2D eigenvalue weighted by Gasteiger charge is -2.28. The first-order valence-electron chi connectivity index (χ1n) is 9.33. The molecule has 7 heteroatoms. The lowest BCUT2D eigenvalue weighted by molar-refractivity contribution is -0.127. The van der Waals surface area contributed by atoms with Gasteiger partial charge in [-0.1, -0.05) is 19.9 Å². The largest absolute Gasteiger partial charge is 0.444 e. The van der Waals surface area contributed by atoms with Crippen LogP contribution in [-0.2, 0) is 16.1 Å². The normalized spacial score (nSPS) is 15.0. The molecular weight excluding hydrogens is 346 g/mol. The van der Waals surface area contributed by atoms with Gasteiger partial charge in [0.25, 0.3) is 0 Å². The van der Waals surface area contributed by atoms with Crippen molar-refractivity contribution in [3.63, 3.8) is 0 Å². The van der Waals surface area contributed by atoms with E-state index >= 15 is 0 Å². The van der Waals surface area contributed by atoms with Gasteiger partial charge in [0.05, 0.1) is 12.1 Å². The van der Waals surface area contributed by atoms with E-state index in [1.165, 1.54) is 0 Å². The van der Waals surface area contributed by atoms with Gasteiger partial charge in [-0.15, -0.1) is 0 Å². The van der Waals surface area contributed by atoms with E-state index in [1.807, 2.05) is 26.0 Å². The van der Waals surface area contributed by atoms with E-state index in [1.54, 1.807) is 40.1 Å². The molecule has 1 heterocycles. The number of nitrogens with zero attached hydrogens (tertiary/aromatic N) is 1. The Morgan fingerprint density at radius 2 is 1.93 bits per heavy atom. The molecule has 0 aromatic carbocycles. The molecule has 0 fully saturated rings. The van der Waals surface area contributed by atoms with E-state index in [-0.39, 0.29) is 24.2 Å². The third-order valence-corrected chi connectivity index (χ3v) is 4.15. The van der Waals surface area contributed by atoms with Crippen LogP contribution >= 0.6 is 0 Å². The minimum absolute atomic E-state index is 0.0438. The van der Waals surface area contributed by atoms with Gasteiger partial charge in [-0.05, 0) is 51.7 Å². The highest BCUT2D eigenvalue weighted by Gasteiger charge is 2.29. The van der Waals surface area contributed by atoms with Crippen molar-refractivity contribution in [2.75, 3.05) is 0 Å². The van der Waals surface area contributed by atoms with Crippen molar-refractivity contribution in [3.05, 3.63) is 30.1 Å². The van der Waals surface area contributed by atoms with Crippen LogP contribution in [0.3, 0.4) is 0 Å². The van der Waals surface area contributed by atoms with Crippen LogP contribution in [0.4, 0.5) is 4.79 Å². The zero-order valence-electron chi connectivity index (χ0n) is 17.2. The SMILES string of the molecule is CC(C)[C@H](C[C@H](O)[C@H](C)NC(=O)OC(C)(C)C)C(=O)NCc1cccnc1. The standard InChI is InChI=1S/C20H33N3O4/c1-13(2)16(18(25)22-12-15-8-7-9-21-11-15)10-17(24)14(3)23-19(26)27-20(4,5)6/h7-9,11,13-14,16-17,24H,10,12H2,1-6H3,(H,22,25)(H,23,26)/t14-,16-,17-/m0/s1. The van der Waals surface area contributed by atoms with Crippen LogP contribution in [0.2, 0.25) is 0 Å². The zero-order chi connectivity index (χ0) is 20.6. The first-order valence-corrected chi connectivity index (χ1v) is 9.33. The number of ether oxygens (including phenoxy) is 1. The van der Waals surface area contributed by atoms with Crippen molar-refractivity contribution < 1.29 is 19.4 Å². The maximum atomic E-state index is 12.6. The Balaban J connectivity index is 2.58. The smallest absolute Gasteiger partial charge is 0.407 e. The number of carbonyl (C=O) groups excluding carboxylic acids is 2. The molecule has 3 atom stereocenters. The molecule has 0 unspecified atom stereocenters. The molecule has 0 bridgehead atoms. The summed E-state index contributed by atoms with van der Waals surface area (Å²) in [7, 11) is 0. The second-order valence-electron chi connectivity index (χ2n) is 8.17. The fourth-order valence-corrected chi connectivity index (χ4v) is 2.56. The summed E-state index contributed by atoms with van der Waals surface area (Å²) in [6.45, 7) is 11.3. The van der Waals surface area contributed by atoms with Gasteiger partial charge >= 0.3 is 6.09 Å². The van der Waals surface area contributed by atoms with Crippen molar-refractivity contribution in [2.24, 2.45) is 11.8 Å². The molecule has 0 aliphatic carbocycles. The maximum absolute atomic E-state index is 12.6. The van der Waals surface area contributed by atoms with Crippen molar-refractivity contribution in [1.82, 2.24) is 15.6 Å². The molecule has 3 N–H and O–H groups in total. The average molecular weight is 380 g/mol. The number of amides is 2. The zero-order valence-corrected chi connectivity index (χ0v) is 17.2. The average Bonchev–Trinajstić information content (AvgIpc) is 2.56. The van der Waals surface area contributed by atoms with Gasteiger partial charge in [0, 0.05) is 24.9 Å². The molecule has 1 aromatic heterocycles. The van der Waals surface area contributed by atoms with Crippen LogP contribution in [0, 0.1) is 11.8 Å². The van der Waals surface area contributed by atoms with Crippen molar-refractivity contribution >= 4 is 12.0 Å². The lowest BCUT2D eigenvalue weighted by Crippen LogP contribution is -2.46. The Morgan fingerprint density at radius 1 is 1.26 bits per heavy atom. The Morgan fingerprint density at radius 3 is 2.44 bits per heavy atom. The van der Waals surface area contributed by atoms with Crippen LogP contribution < -0.4 is 10.6 Å². The Labute approximate surface area is 161 Å². The molecule has 1 aromatic rings. The third kappa shape index (κ3) is 8.86. The number of aliphatic hydroxyl groups is 1. The summed E-state index contributed by atoms with van der Waals surface area (Å²) < 4.78 is 5.20. The Kier molecular flexibility index (Phi) is 8.69. The maximum Gasteiger partial charge on any atom is 0.407 e. The third-order valence-electron chi connectivity index (χ3n) is 4.15. The summed E-state index contributed by atoms with van der Waals surface area (Å²) >= 11 is 0. The number of alkyl carbamates (subject to hydrolysis) is 1. The van der Waals surface area contributed by atoms with Gasteiger partial charge in [-0.3, -0.25) is 9.78 Å². The summed E-state index contributed by atoms with van der Waals surface area (Å²) in [6, 6.07) is 3.17. The van der Waals surface area contributed by atoms with Crippen LogP contribution in [0.5, 0.6) is 0 Å². The summed E-state index contributed by atoms with van der Waals surface area (Å²) in [5, 5.41) is 16.0. The summed E-state index contributed by atoms with van der Waals surface area (Å²) in [5.74, 6) is -0.459. The number of aromatic nitrogens is 1. The second kappa shape index (κ2) is 10.3. The molecule has 0 saturated heterocycles. The molecule has 152 valence electrons. The van der Waals surface area contributed by atoms with E-state index in [0.717, 1.165) is 5.56 Å². The quantitative estimate of drug-likeness (QED) is 0.645. The predicted octanol–water partition coefficient (Wildman–Crippen LogP) is 2.63.